The van der Waals surface area contributed by atoms with E-state index in [4.69, 9.17) is 10.8 Å². The van der Waals surface area contributed by atoms with Gasteiger partial charge in [0.25, 0.3) is 5.91 Å². The van der Waals surface area contributed by atoms with Crippen LogP contribution in [0.25, 0.3) is 0 Å². The second kappa shape index (κ2) is 6.17. The van der Waals surface area contributed by atoms with Crippen molar-refractivity contribution in [2.75, 3.05) is 50.0 Å². The number of hydrogen-bond donors (Lipinski definition) is 3. The summed E-state index contributed by atoms with van der Waals surface area (Å²) in [6, 6.07) is 0.311. The third-order valence-electron chi connectivity index (χ3n) is 3.92. The highest BCUT2D eigenvalue weighted by Gasteiger charge is 2.30. The van der Waals surface area contributed by atoms with Crippen LogP contribution in [0.1, 0.15) is 23.2 Å². The van der Waals surface area contributed by atoms with E-state index in [9.17, 15) is 4.79 Å². The first-order valence-corrected chi connectivity index (χ1v) is 8.10. The van der Waals surface area contributed by atoms with Gasteiger partial charge in [0.05, 0.1) is 6.61 Å². The van der Waals surface area contributed by atoms with Crippen molar-refractivity contribution in [2.24, 2.45) is 0 Å². The molecule has 1 aromatic rings. The number of carbonyl (C=O) groups is 1. The minimum absolute atomic E-state index is 0.100. The molecule has 1 saturated carbocycles. The molecule has 1 aromatic heterocycles. The van der Waals surface area contributed by atoms with Crippen LogP contribution in [0.3, 0.4) is 0 Å². The molecule has 0 unspecified atom stereocenters. The maximum atomic E-state index is 12.3. The number of nitrogens with two attached hydrogens (primary N) is 1. The number of nitrogen functional groups attached to an aromatic ring is 1. The van der Waals surface area contributed by atoms with E-state index >= 15 is 0 Å². The molecule has 1 aliphatic carbocycles. The molecular formula is C13H21N5O2S. The lowest BCUT2D eigenvalue weighted by molar-refractivity contribution is 0.0952. The summed E-state index contributed by atoms with van der Waals surface area (Å²) in [6.07, 6.45) is 2.11. The standard InChI is InChI=1S/C13H21N5O2S/c14-11-10(12(20)15-9-1-2-9)13(21-16-11)18-5-3-17(4-6-18)7-8-19/h9,19H,1-8H2,(H2,14,16)(H,15,20). The topological polar surface area (TPSA) is 94.7 Å². The smallest absolute Gasteiger partial charge is 0.258 e. The van der Waals surface area contributed by atoms with Crippen molar-refractivity contribution in [3.05, 3.63) is 5.56 Å². The number of nitrogens with zero attached hydrogens (tertiary/aromatic N) is 3. The fraction of sp³-hybridized carbons (Fsp3) is 0.692. The van der Waals surface area contributed by atoms with Crippen LogP contribution in [0.15, 0.2) is 0 Å². The number of carbonyl (C=O) groups excluding carboxylic acids is 1. The lowest BCUT2D eigenvalue weighted by Crippen LogP contribution is -2.47. The summed E-state index contributed by atoms with van der Waals surface area (Å²) in [4.78, 5) is 16.7. The summed E-state index contributed by atoms with van der Waals surface area (Å²) in [5, 5.41) is 12.8. The Morgan fingerprint density at radius 1 is 1.38 bits per heavy atom. The molecule has 116 valence electrons. The van der Waals surface area contributed by atoms with Crippen molar-refractivity contribution in [3.8, 4) is 0 Å². The van der Waals surface area contributed by atoms with Gasteiger partial charge < -0.3 is 21.1 Å². The highest BCUT2D eigenvalue weighted by molar-refractivity contribution is 7.11. The molecule has 3 rings (SSSR count). The van der Waals surface area contributed by atoms with Crippen LogP contribution in [0, 0.1) is 0 Å². The average Bonchev–Trinajstić information content (AvgIpc) is 3.20. The largest absolute Gasteiger partial charge is 0.395 e. The zero-order chi connectivity index (χ0) is 14.8. The predicted octanol–water partition coefficient (Wildman–Crippen LogP) is -0.268. The van der Waals surface area contributed by atoms with Crippen LogP contribution < -0.4 is 16.0 Å². The van der Waals surface area contributed by atoms with Crippen LogP contribution in [-0.2, 0) is 0 Å². The van der Waals surface area contributed by atoms with Crippen LogP contribution in [0.2, 0.25) is 0 Å². The highest BCUT2D eigenvalue weighted by atomic mass is 32.1. The first-order chi connectivity index (χ1) is 10.2. The van der Waals surface area contributed by atoms with Gasteiger partial charge in [0.1, 0.15) is 10.6 Å². The Bertz CT molecular complexity index is 509. The molecule has 21 heavy (non-hydrogen) atoms. The Hall–Kier alpha value is -1.38. The number of β-amino-alcohol motifs (C(OH)–C–C–N with tert-alkyl or cyclic N) is 1. The number of rotatable bonds is 5. The van der Waals surface area contributed by atoms with E-state index in [1.54, 1.807) is 0 Å². The van der Waals surface area contributed by atoms with Gasteiger partial charge in [-0.05, 0) is 24.4 Å². The normalized spacial score (nSPS) is 19.8. The molecule has 2 fully saturated rings. The van der Waals surface area contributed by atoms with Crippen LogP contribution in [0.5, 0.6) is 0 Å². The molecule has 2 heterocycles. The van der Waals surface area contributed by atoms with Crippen molar-refractivity contribution in [1.82, 2.24) is 14.6 Å². The minimum Gasteiger partial charge on any atom is -0.395 e. The van der Waals surface area contributed by atoms with E-state index in [-0.39, 0.29) is 12.5 Å². The number of aliphatic hydroxyl groups excluding tert-OH is 1. The van der Waals surface area contributed by atoms with Gasteiger partial charge >= 0.3 is 0 Å². The lowest BCUT2D eigenvalue weighted by Gasteiger charge is -2.35. The first-order valence-electron chi connectivity index (χ1n) is 7.33. The Labute approximate surface area is 127 Å². The van der Waals surface area contributed by atoms with E-state index in [0.717, 1.165) is 44.0 Å². The molecule has 4 N–H and O–H groups in total. The Morgan fingerprint density at radius 3 is 2.71 bits per heavy atom. The number of aromatic nitrogens is 1. The molecule has 1 aliphatic heterocycles. The number of amides is 1. The molecule has 2 aliphatic rings. The quantitative estimate of drug-likeness (QED) is 0.693. The Morgan fingerprint density at radius 2 is 2.10 bits per heavy atom. The fourth-order valence-corrected chi connectivity index (χ4v) is 3.39. The van der Waals surface area contributed by atoms with Gasteiger partial charge in [-0.2, -0.15) is 4.37 Å². The number of anilines is 2. The Kier molecular flexibility index (Phi) is 4.27. The molecule has 1 amide bonds. The molecule has 0 radical (unpaired) electrons. The lowest BCUT2D eigenvalue weighted by atomic mass is 10.2. The zero-order valence-electron chi connectivity index (χ0n) is 11.9. The van der Waals surface area contributed by atoms with Crippen molar-refractivity contribution >= 4 is 28.3 Å². The van der Waals surface area contributed by atoms with Gasteiger partial charge in [0.15, 0.2) is 5.82 Å². The second-order valence-electron chi connectivity index (χ2n) is 5.55. The monoisotopic (exact) mass is 311 g/mol. The van der Waals surface area contributed by atoms with E-state index < -0.39 is 0 Å². The summed E-state index contributed by atoms with van der Waals surface area (Å²) in [5.74, 6) is 0.225. The van der Waals surface area contributed by atoms with Crippen LogP contribution in [0.4, 0.5) is 10.8 Å². The molecule has 0 spiro atoms. The Balaban J connectivity index is 1.69. The zero-order valence-corrected chi connectivity index (χ0v) is 12.7. The number of aliphatic hydroxyl groups is 1. The molecule has 7 nitrogen and oxygen atoms in total. The van der Waals surface area contributed by atoms with Crippen LogP contribution in [-0.4, -0.2) is 65.7 Å². The van der Waals surface area contributed by atoms with E-state index in [1.165, 1.54) is 11.5 Å². The van der Waals surface area contributed by atoms with Crippen LogP contribution >= 0.6 is 11.5 Å². The molecule has 0 atom stereocenters. The van der Waals surface area contributed by atoms with Crippen molar-refractivity contribution in [2.45, 2.75) is 18.9 Å². The average molecular weight is 311 g/mol. The van der Waals surface area contributed by atoms with E-state index in [1.807, 2.05) is 0 Å². The van der Waals surface area contributed by atoms with Crippen molar-refractivity contribution < 1.29 is 9.90 Å². The van der Waals surface area contributed by atoms with E-state index in [2.05, 4.69) is 19.5 Å². The van der Waals surface area contributed by atoms with Gasteiger partial charge in [0.2, 0.25) is 0 Å². The third kappa shape index (κ3) is 3.28. The molecule has 1 saturated heterocycles. The minimum atomic E-state index is -0.100. The van der Waals surface area contributed by atoms with Gasteiger partial charge in [0, 0.05) is 38.8 Å². The van der Waals surface area contributed by atoms with E-state index in [0.29, 0.717) is 24.0 Å². The molecule has 0 aromatic carbocycles. The maximum absolute atomic E-state index is 12.3. The third-order valence-corrected chi connectivity index (χ3v) is 4.84. The molecular weight excluding hydrogens is 290 g/mol. The summed E-state index contributed by atoms with van der Waals surface area (Å²) >= 11 is 1.30. The SMILES string of the molecule is Nc1nsc(N2CCN(CCO)CC2)c1C(=O)NC1CC1. The van der Waals surface area contributed by atoms with Crippen molar-refractivity contribution in [1.29, 1.82) is 0 Å². The summed E-state index contributed by atoms with van der Waals surface area (Å²) < 4.78 is 4.16. The number of hydrogen-bond acceptors (Lipinski definition) is 7. The van der Waals surface area contributed by atoms with Gasteiger partial charge in [-0.3, -0.25) is 9.69 Å². The first kappa shape index (κ1) is 14.6. The molecule has 8 heteroatoms. The van der Waals surface area contributed by atoms with Gasteiger partial charge in [-0.25, -0.2) is 0 Å². The summed E-state index contributed by atoms with van der Waals surface area (Å²) in [7, 11) is 0. The predicted molar refractivity (Wildman–Crippen MR) is 82.8 cm³/mol. The maximum Gasteiger partial charge on any atom is 0.258 e. The summed E-state index contributed by atoms with van der Waals surface area (Å²) in [5.41, 5.74) is 6.42. The second-order valence-corrected chi connectivity index (χ2v) is 6.30. The molecule has 0 bridgehead atoms. The van der Waals surface area contributed by atoms with Gasteiger partial charge in [-0.1, -0.05) is 0 Å². The van der Waals surface area contributed by atoms with Gasteiger partial charge in [-0.15, -0.1) is 0 Å². The number of nitrogens with one attached hydrogen (secondary N) is 1. The van der Waals surface area contributed by atoms with Crippen molar-refractivity contribution in [3.63, 3.8) is 0 Å². The summed E-state index contributed by atoms with van der Waals surface area (Å²) in [6.45, 7) is 4.29. The number of piperazine rings is 1. The highest BCUT2D eigenvalue weighted by Crippen LogP contribution is 2.32. The fourth-order valence-electron chi connectivity index (χ4n) is 2.52.